The van der Waals surface area contributed by atoms with Gasteiger partial charge in [0.05, 0.1) is 57.8 Å². The molecule has 0 unspecified atom stereocenters. The number of rotatable bonds is 13. The van der Waals surface area contributed by atoms with Crippen LogP contribution in [0.3, 0.4) is 0 Å². The maximum Gasteiger partial charge on any atom is 0.268 e. The second-order valence-corrected chi connectivity index (χ2v) is 27.3. The zero-order valence-corrected chi connectivity index (χ0v) is 49.2. The van der Waals surface area contributed by atoms with Gasteiger partial charge in [-0.3, -0.25) is 4.57 Å². The van der Waals surface area contributed by atoms with E-state index in [4.69, 9.17) is 17.9 Å². The maximum absolute atomic E-state index is 10.3. The van der Waals surface area contributed by atoms with Gasteiger partial charge in [0.1, 0.15) is 5.82 Å². The average Bonchev–Trinajstić information content (AvgIpc) is 0.783. The summed E-state index contributed by atoms with van der Waals surface area (Å²) in [5, 5.41) is -8.29. The number of imidazole rings is 1. The first kappa shape index (κ1) is 29.0. The molecule has 11 aromatic carbocycles. The molecule has 414 valence electrons. The number of hydrogen-bond acceptors (Lipinski definition) is 2. The topological polar surface area (TPSA) is 35.9 Å². The van der Waals surface area contributed by atoms with Crippen molar-refractivity contribution in [1.29, 1.82) is 0 Å². The van der Waals surface area contributed by atoms with Gasteiger partial charge in [-0.25, -0.2) is 4.98 Å². The van der Waals surface area contributed by atoms with Crippen LogP contribution in [0.1, 0.15) is 77.1 Å². The van der Waals surface area contributed by atoms with Crippen LogP contribution in [0.25, 0.3) is 50.0 Å². The third kappa shape index (κ3) is 9.53. The standard InChI is InChI=1S/C77H60N4OSi2.Pt/c1-56-50-73(83(61-30-11-5-12-31-61,62-32-13-6-14-33-62)63-34-15-7-16-35-63)76(74(51-56)84(64-36-17-8-18-37-64,65-38-19-9-20-39-65)66-40-21-10-22-41-66)80-55-79(70-44-25-26-45-71(70)80)58-28-27-29-59(53-58)82-60-46-47-68-67-42-23-24-43-69(67)81(72(68)54-60)75-52-57(48-49-78-75)77(2,3)4;/h5-52H,1-4H3;/q-2;/i1D3,5D,6D,7D,8D,9D,10D,11D,12D,13D,14D,15D,16D,17D,18D,19D,20D,21D,22D,30D,31D,32D,33D,34D,35D,36D,37D,38D,39D,40D,41D;. The van der Waals surface area contributed by atoms with Gasteiger partial charge in [0.15, 0.2) is 16.1 Å². The van der Waals surface area contributed by atoms with Crippen LogP contribution in [-0.2, 0) is 26.5 Å². The summed E-state index contributed by atoms with van der Waals surface area (Å²) in [5.74, 6) is 0.628. The number of ether oxygens (including phenoxy) is 1. The molecule has 0 N–H and O–H groups in total. The van der Waals surface area contributed by atoms with Crippen LogP contribution in [0.2, 0.25) is 0 Å². The van der Waals surface area contributed by atoms with Crippen LogP contribution in [0, 0.1) is 25.3 Å². The fourth-order valence-electron chi connectivity index (χ4n) is 11.0. The van der Waals surface area contributed by atoms with Crippen molar-refractivity contribution in [2.45, 2.75) is 33.0 Å². The van der Waals surface area contributed by atoms with Crippen molar-refractivity contribution in [3.63, 3.8) is 0 Å². The summed E-state index contributed by atoms with van der Waals surface area (Å²) in [4.78, 5) is 4.79. The van der Waals surface area contributed by atoms with Crippen LogP contribution in [0.5, 0.6) is 11.5 Å². The molecule has 14 aromatic rings. The largest absolute Gasteiger partial charge is 0.510 e. The van der Waals surface area contributed by atoms with Gasteiger partial charge in [0.25, 0.3) is 6.33 Å². The quantitative estimate of drug-likeness (QED) is 0.0499. The number of para-hydroxylation sites is 3. The molecule has 0 saturated carbocycles. The van der Waals surface area contributed by atoms with E-state index in [1.165, 1.54) is 47.0 Å². The fraction of sp³-hybridized carbons (Fsp3) is 0.0649. The first-order chi connectivity index (χ1) is 54.8. The van der Waals surface area contributed by atoms with Crippen LogP contribution >= 0.6 is 0 Å². The van der Waals surface area contributed by atoms with Crippen molar-refractivity contribution < 1.29 is 75.6 Å². The smallest absolute Gasteiger partial charge is 0.268 e. The van der Waals surface area contributed by atoms with E-state index in [2.05, 4.69) is 39.2 Å². The summed E-state index contributed by atoms with van der Waals surface area (Å²) in [6.07, 6.45) is 4.90. The van der Waals surface area contributed by atoms with E-state index in [1.807, 2.05) is 47.0 Å². The third-order valence-corrected chi connectivity index (χ3v) is 22.9. The molecule has 0 aliphatic carbocycles. The molecule has 0 aliphatic rings. The predicted molar refractivity (Wildman–Crippen MR) is 351 cm³/mol. The van der Waals surface area contributed by atoms with Gasteiger partial charge in [-0.2, -0.15) is 18.2 Å². The number of aryl methyl sites for hydroxylation is 1. The van der Waals surface area contributed by atoms with E-state index in [-0.39, 0.29) is 54.7 Å². The molecule has 3 heterocycles. The summed E-state index contributed by atoms with van der Waals surface area (Å²) >= 11 is 0. The zero-order valence-electron chi connectivity index (χ0n) is 77.9. The molecule has 0 aliphatic heterocycles. The first-order valence-corrected chi connectivity index (χ1v) is 30.1. The molecule has 0 atom stereocenters. The molecule has 0 saturated heterocycles. The van der Waals surface area contributed by atoms with Crippen LogP contribution in [0.15, 0.2) is 291 Å². The molecule has 5 nitrogen and oxygen atoms in total. The van der Waals surface area contributed by atoms with Crippen LogP contribution < -0.4 is 50.8 Å². The summed E-state index contributed by atoms with van der Waals surface area (Å²) in [6.45, 7) is 2.35. The Morgan fingerprint density at radius 3 is 1.49 bits per heavy atom. The molecule has 0 fully saturated rings. The molecule has 0 spiro atoms. The van der Waals surface area contributed by atoms with E-state index in [0.717, 1.165) is 26.4 Å². The summed E-state index contributed by atoms with van der Waals surface area (Å²) in [6, 6.07) is -6.67. The minimum atomic E-state index is -7.03. The van der Waals surface area contributed by atoms with E-state index in [0.29, 0.717) is 23.5 Å². The number of nitrogens with zero attached hydrogens (tertiary/aromatic N) is 4. The minimum absolute atomic E-state index is 0. The molecule has 14 rings (SSSR count). The van der Waals surface area contributed by atoms with E-state index in [9.17, 15) is 37.0 Å². The van der Waals surface area contributed by atoms with E-state index in [1.54, 1.807) is 12.3 Å². The van der Waals surface area contributed by atoms with Gasteiger partial charge in [-0.05, 0) is 88.6 Å². The van der Waals surface area contributed by atoms with E-state index < -0.39 is 257 Å². The van der Waals surface area contributed by atoms with Gasteiger partial charge in [0.2, 0.25) is 0 Å². The maximum atomic E-state index is 10.3. The second-order valence-electron chi connectivity index (χ2n) is 20.3. The monoisotopic (exact) mass is 1340 g/mol. The molecule has 85 heavy (non-hydrogen) atoms. The Balaban J connectivity index is 0.0000121. The second kappa shape index (κ2) is 22.7. The third-order valence-electron chi connectivity index (χ3n) is 14.6. The van der Waals surface area contributed by atoms with Gasteiger partial charge in [-0.1, -0.05) is 268 Å². The van der Waals surface area contributed by atoms with Crippen molar-refractivity contribution in [3.05, 3.63) is 320 Å². The van der Waals surface area contributed by atoms with Crippen molar-refractivity contribution in [3.8, 4) is 28.7 Å². The predicted octanol–water partition coefficient (Wildman–Crippen LogP) is 12.0. The van der Waals surface area contributed by atoms with Gasteiger partial charge in [0, 0.05) is 48.4 Å². The zero-order chi connectivity index (χ0) is 85.4. The van der Waals surface area contributed by atoms with Crippen LogP contribution in [-0.4, -0.2) is 30.3 Å². The molecular weight excluding hydrogens is 1250 g/mol. The Morgan fingerprint density at radius 1 is 0.506 bits per heavy atom. The fourth-order valence-corrected chi connectivity index (χ4v) is 19.1. The Kier molecular flexibility index (Phi) is 7.77. The number of pyridine rings is 1. The number of fused-ring (bicyclic) bond motifs is 4. The number of aromatic nitrogens is 4. The van der Waals surface area contributed by atoms with Crippen molar-refractivity contribution in [2.75, 3.05) is 0 Å². The average molecular weight is 1340 g/mol. The van der Waals surface area contributed by atoms with Crippen LogP contribution in [0.4, 0.5) is 0 Å². The molecular formula is C77H60N4OPtSi2-2. The Bertz CT molecular complexity index is 5950. The number of benzene rings is 11. The Labute approximate surface area is 560 Å². The number of hydrogen-bond donors (Lipinski definition) is 0. The normalized spacial score (nSPS) is 17.5. The van der Waals surface area contributed by atoms with Crippen molar-refractivity contribution >= 4 is 90.5 Å². The molecule has 8 heteroatoms. The van der Waals surface area contributed by atoms with Gasteiger partial charge in [-0.15, -0.1) is 29.7 Å². The first-order valence-electron chi connectivity index (χ1n) is 42.6. The van der Waals surface area contributed by atoms with Crippen molar-refractivity contribution in [1.82, 2.24) is 14.1 Å². The van der Waals surface area contributed by atoms with E-state index >= 15 is 0 Å². The molecule has 0 amide bonds. The Morgan fingerprint density at radius 2 is 0.988 bits per heavy atom. The van der Waals surface area contributed by atoms with Gasteiger partial charge < -0.3 is 13.9 Å². The SMILES string of the molecule is [2H]c1c([2H])c([2H])c([Si](c2cc(C([2H])([2H])[2H])cc([Si](c3c([2H])c([2H])c([2H])c([2H])c3[2H])(c3c([2H])c([2H])c([2H])c([2H])c3[2H])c3c([2H])c([2H])c([2H])c([2H])c3[2H])c2-[n+]2[c-]n(-c3[c-]c(Oc4[c-]c5c(cc4)c4ccccc4n5-c4cc(C(C)(C)C)ccn4)ccc3)c3ccccc32)(c2c([2H])c([2H])c([2H])c([2H])c2[2H])c2c([2H])c([2H])c([2H])c([2H])c2[2H])c([2H])c1[2H].[Pt]. The molecule has 0 radical (unpaired) electrons. The van der Waals surface area contributed by atoms with Crippen molar-refractivity contribution in [2.24, 2.45) is 0 Å². The summed E-state index contributed by atoms with van der Waals surface area (Å²) < 4.78 is 333. The Hall–Kier alpha value is -9.24. The summed E-state index contributed by atoms with van der Waals surface area (Å²) in [7, 11) is -14.1. The minimum Gasteiger partial charge on any atom is -0.510 e. The molecule has 0 bridgehead atoms. The summed E-state index contributed by atoms with van der Waals surface area (Å²) in [5.41, 5.74) is -0.671. The van der Waals surface area contributed by atoms with Gasteiger partial charge >= 0.3 is 0 Å². The molecule has 3 aromatic heterocycles.